The molecule has 5 nitrogen and oxygen atoms in total. The molecule has 0 bridgehead atoms. The summed E-state index contributed by atoms with van der Waals surface area (Å²) >= 11 is 3.32. The van der Waals surface area contributed by atoms with Gasteiger partial charge >= 0.3 is 0 Å². The molecule has 1 heterocycles. The lowest BCUT2D eigenvalue weighted by Crippen LogP contribution is -2.22. The maximum atomic E-state index is 9.11. The molecule has 0 amide bonds. The molecule has 2 aromatic rings. The fourth-order valence-electron chi connectivity index (χ4n) is 2.04. The van der Waals surface area contributed by atoms with E-state index in [1.165, 1.54) is 0 Å². The Morgan fingerprint density at radius 3 is 2.65 bits per heavy atom. The van der Waals surface area contributed by atoms with Gasteiger partial charge in [-0.3, -0.25) is 0 Å². The molecule has 0 saturated heterocycles. The zero-order chi connectivity index (χ0) is 19.0. The summed E-state index contributed by atoms with van der Waals surface area (Å²) in [4.78, 5) is 4.24. The minimum absolute atomic E-state index is 0.154. The highest BCUT2D eigenvalue weighted by molar-refractivity contribution is 9.10. The number of nitriles is 1. The van der Waals surface area contributed by atoms with Crippen LogP contribution in [0, 0.1) is 11.3 Å². The van der Waals surface area contributed by atoms with Gasteiger partial charge < -0.3 is 14.2 Å². The predicted molar refractivity (Wildman–Crippen MR) is 107 cm³/mol. The lowest BCUT2D eigenvalue weighted by molar-refractivity contribution is 0.0209. The predicted octanol–water partition coefficient (Wildman–Crippen LogP) is 4.99. The van der Waals surface area contributed by atoms with Gasteiger partial charge in [-0.2, -0.15) is 24.9 Å². The number of benzene rings is 1. The maximum Gasteiger partial charge on any atom is 0.214 e. The zero-order valence-electron chi connectivity index (χ0n) is 15.3. The molecule has 0 aliphatic carbocycles. The van der Waals surface area contributed by atoms with E-state index in [9.17, 15) is 0 Å². The summed E-state index contributed by atoms with van der Waals surface area (Å²) in [6.45, 7) is 8.04. The largest absolute Gasteiger partial charge is 0.473 e. The van der Waals surface area contributed by atoms with Crippen molar-refractivity contribution in [3.05, 3.63) is 52.1 Å². The highest BCUT2D eigenvalue weighted by Crippen LogP contribution is 2.23. The van der Waals surface area contributed by atoms with Gasteiger partial charge in [0.05, 0.1) is 11.6 Å². The van der Waals surface area contributed by atoms with Gasteiger partial charge in [0.2, 0.25) is 5.88 Å². The number of halogens is 1. The molecule has 139 valence electrons. The molecule has 0 N–H and O–H groups in total. The SMILES string of the molecule is C[Si-](C)(C)CCOCOc1cc(C#N)ccc1COc1cccc(Br)n1. The van der Waals surface area contributed by atoms with Crippen LogP contribution >= 0.6 is 15.9 Å². The molecular formula is C19H23BrN2O3Si-. The lowest BCUT2D eigenvalue weighted by Gasteiger charge is -2.26. The Morgan fingerprint density at radius 2 is 1.96 bits per heavy atom. The lowest BCUT2D eigenvalue weighted by atomic mass is 10.1. The third kappa shape index (κ3) is 7.16. The molecule has 0 fully saturated rings. The number of hydrogen-bond donors (Lipinski definition) is 0. The van der Waals surface area contributed by atoms with E-state index in [1.807, 2.05) is 18.2 Å². The molecule has 0 unspecified atom stereocenters. The van der Waals surface area contributed by atoms with E-state index < -0.39 is 8.07 Å². The highest BCUT2D eigenvalue weighted by Gasteiger charge is 2.08. The van der Waals surface area contributed by atoms with Crippen molar-refractivity contribution in [2.75, 3.05) is 13.4 Å². The first-order chi connectivity index (χ1) is 12.4. The molecule has 7 heteroatoms. The molecule has 2 rings (SSSR count). The second kappa shape index (κ2) is 9.71. The summed E-state index contributed by atoms with van der Waals surface area (Å²) in [6, 6.07) is 14.0. The van der Waals surface area contributed by atoms with Crippen LogP contribution < -0.4 is 9.47 Å². The van der Waals surface area contributed by atoms with Crippen molar-refractivity contribution < 1.29 is 14.2 Å². The van der Waals surface area contributed by atoms with Gasteiger partial charge in [-0.25, -0.2) is 4.98 Å². The van der Waals surface area contributed by atoms with Crippen LogP contribution in [0.25, 0.3) is 0 Å². The third-order valence-corrected chi connectivity index (χ3v) is 5.70. The molecule has 0 saturated carbocycles. The second-order valence-corrected chi connectivity index (χ2v) is 13.4. The van der Waals surface area contributed by atoms with E-state index in [-0.39, 0.29) is 6.79 Å². The quantitative estimate of drug-likeness (QED) is 0.240. The molecule has 0 atom stereocenters. The Kier molecular flexibility index (Phi) is 7.63. The minimum atomic E-state index is -1.12. The average molecular weight is 435 g/mol. The van der Waals surface area contributed by atoms with Crippen molar-refractivity contribution >= 4 is 24.0 Å². The van der Waals surface area contributed by atoms with Crippen LogP contribution in [-0.2, 0) is 11.3 Å². The Hall–Kier alpha value is -1.88. The zero-order valence-corrected chi connectivity index (χ0v) is 17.9. The topological polar surface area (TPSA) is 64.4 Å². The number of nitrogens with zero attached hydrogens (tertiary/aromatic N) is 2. The number of aromatic nitrogens is 1. The van der Waals surface area contributed by atoms with Crippen molar-refractivity contribution in [3.63, 3.8) is 0 Å². The number of rotatable bonds is 9. The van der Waals surface area contributed by atoms with Gasteiger partial charge in [-0.15, -0.1) is 14.1 Å². The molecule has 0 radical (unpaired) electrons. The smallest absolute Gasteiger partial charge is 0.214 e. The van der Waals surface area contributed by atoms with E-state index >= 15 is 0 Å². The van der Waals surface area contributed by atoms with E-state index in [0.29, 0.717) is 35.0 Å². The molecule has 26 heavy (non-hydrogen) atoms. The van der Waals surface area contributed by atoms with Crippen molar-refractivity contribution in [1.82, 2.24) is 4.98 Å². The van der Waals surface area contributed by atoms with Gasteiger partial charge in [0.1, 0.15) is 17.0 Å². The summed E-state index contributed by atoms with van der Waals surface area (Å²) in [5.74, 6) is 1.10. The number of hydrogen-bond acceptors (Lipinski definition) is 5. The molecule has 1 aromatic carbocycles. The summed E-state index contributed by atoms with van der Waals surface area (Å²) < 4.78 is 17.8. The van der Waals surface area contributed by atoms with Crippen molar-refractivity contribution in [2.24, 2.45) is 0 Å². The first kappa shape index (κ1) is 20.4. The fourth-order valence-corrected chi connectivity index (χ4v) is 3.13. The van der Waals surface area contributed by atoms with Crippen LogP contribution in [0.3, 0.4) is 0 Å². The van der Waals surface area contributed by atoms with Crippen LogP contribution in [0.2, 0.25) is 25.7 Å². The highest BCUT2D eigenvalue weighted by atomic mass is 79.9. The number of ether oxygens (including phenoxy) is 3. The van der Waals surface area contributed by atoms with Gasteiger partial charge in [0.25, 0.3) is 0 Å². The van der Waals surface area contributed by atoms with E-state index in [0.717, 1.165) is 11.6 Å². The van der Waals surface area contributed by atoms with Gasteiger partial charge in [-0.1, -0.05) is 12.1 Å². The average Bonchev–Trinajstić information content (AvgIpc) is 2.59. The maximum absolute atomic E-state index is 9.11. The third-order valence-electron chi connectivity index (χ3n) is 3.56. The fraction of sp³-hybridized carbons (Fsp3) is 0.368. The minimum Gasteiger partial charge on any atom is -0.473 e. The molecule has 0 aliphatic rings. The van der Waals surface area contributed by atoms with Crippen molar-refractivity contribution in [2.45, 2.75) is 32.3 Å². The van der Waals surface area contributed by atoms with Crippen molar-refractivity contribution in [3.8, 4) is 17.7 Å². The monoisotopic (exact) mass is 434 g/mol. The first-order valence-electron chi connectivity index (χ1n) is 8.36. The summed E-state index contributed by atoms with van der Waals surface area (Å²) in [5.41, 5.74) is 1.37. The Labute approximate surface area is 164 Å². The molecular weight excluding hydrogens is 412 g/mol. The van der Waals surface area contributed by atoms with Crippen LogP contribution in [0.15, 0.2) is 41.0 Å². The van der Waals surface area contributed by atoms with Crippen LogP contribution in [0.5, 0.6) is 11.6 Å². The van der Waals surface area contributed by atoms with E-state index in [2.05, 4.69) is 46.6 Å². The van der Waals surface area contributed by atoms with Crippen LogP contribution in [-0.4, -0.2) is 26.5 Å². The van der Waals surface area contributed by atoms with E-state index in [1.54, 1.807) is 18.2 Å². The second-order valence-electron chi connectivity index (χ2n) is 7.00. The standard InChI is InChI=1S/C19H23BrN2O3Si/c1-26(2,3)10-9-23-14-25-17-11-15(12-21)7-8-16(17)13-24-19-6-4-5-18(20)22-19/h4-8,11H,9-10,13-14H2,1-3H3/q-1. The Morgan fingerprint density at radius 1 is 1.15 bits per heavy atom. The summed E-state index contributed by atoms with van der Waals surface area (Å²) in [5, 5.41) is 9.11. The first-order valence-corrected chi connectivity index (χ1v) is 12.9. The molecule has 1 aromatic heterocycles. The van der Waals surface area contributed by atoms with Crippen molar-refractivity contribution in [1.29, 1.82) is 5.26 Å². The molecule has 0 aliphatic heterocycles. The summed E-state index contributed by atoms with van der Waals surface area (Å²) in [7, 11) is -1.12. The molecule has 0 spiro atoms. The Bertz CT molecular complexity index is 772. The van der Waals surface area contributed by atoms with Gasteiger partial charge in [0, 0.05) is 18.2 Å². The normalized spacial score (nSPS) is 11.0. The van der Waals surface area contributed by atoms with Crippen LogP contribution in [0.4, 0.5) is 0 Å². The number of pyridine rings is 1. The van der Waals surface area contributed by atoms with Crippen LogP contribution in [0.1, 0.15) is 11.1 Å². The van der Waals surface area contributed by atoms with E-state index in [4.69, 9.17) is 19.5 Å². The Balaban J connectivity index is 1.96. The summed E-state index contributed by atoms with van der Waals surface area (Å²) in [6.07, 6.45) is 0. The van der Waals surface area contributed by atoms with Gasteiger partial charge in [-0.05, 0) is 34.1 Å². The van der Waals surface area contributed by atoms with Gasteiger partial charge in [0.15, 0.2) is 6.79 Å².